The highest BCUT2D eigenvalue weighted by Crippen LogP contribution is 2.29. The van der Waals surface area contributed by atoms with Crippen molar-refractivity contribution in [3.8, 4) is 0 Å². The Hall–Kier alpha value is -1.25. The summed E-state index contributed by atoms with van der Waals surface area (Å²) in [5, 5.41) is 0. The Labute approximate surface area is 154 Å². The van der Waals surface area contributed by atoms with Gasteiger partial charge in [0.05, 0.1) is 17.5 Å². The van der Waals surface area contributed by atoms with Gasteiger partial charge in [0.15, 0.2) is 9.84 Å². The van der Waals surface area contributed by atoms with Gasteiger partial charge >= 0.3 is 6.03 Å². The summed E-state index contributed by atoms with van der Waals surface area (Å²) < 4.78 is 24.5. The van der Waals surface area contributed by atoms with E-state index >= 15 is 0 Å². The number of carbonyl (C=O) groups excluding carboxylic acids is 1. The fourth-order valence-corrected chi connectivity index (χ4v) is 6.22. The summed E-state index contributed by atoms with van der Waals surface area (Å²) in [5.74, 6) is 0.204. The van der Waals surface area contributed by atoms with E-state index in [-0.39, 0.29) is 29.6 Å². The van der Waals surface area contributed by atoms with Crippen LogP contribution in [0.5, 0.6) is 0 Å². The smallest absolute Gasteiger partial charge is 0.319 e. The zero-order valence-corrected chi connectivity index (χ0v) is 16.5. The van der Waals surface area contributed by atoms with Gasteiger partial charge in [-0.25, -0.2) is 13.2 Å². The van der Waals surface area contributed by atoms with Gasteiger partial charge in [-0.3, -0.25) is 4.90 Å². The first-order valence-electron chi connectivity index (χ1n) is 8.36. The molecule has 3 rings (SSSR count). The maximum Gasteiger partial charge on any atom is 0.319 e. The molecule has 2 amide bonds. The van der Waals surface area contributed by atoms with Crippen molar-refractivity contribution in [3.63, 3.8) is 0 Å². The van der Waals surface area contributed by atoms with Crippen LogP contribution in [0, 0.1) is 0 Å². The van der Waals surface area contributed by atoms with Crippen molar-refractivity contribution < 1.29 is 13.2 Å². The number of nitrogens with zero attached hydrogens (tertiary/aromatic N) is 3. The minimum atomic E-state index is -3.12. The van der Waals surface area contributed by atoms with Crippen LogP contribution >= 0.6 is 11.8 Å². The number of hydrogen-bond donors (Lipinski definition) is 0. The lowest BCUT2D eigenvalue weighted by atomic mass is 10.0. The normalized spacial score (nSPS) is 25.6. The molecule has 0 saturated carbocycles. The molecule has 1 aromatic carbocycles. The minimum absolute atomic E-state index is 0.0681. The lowest BCUT2D eigenvalue weighted by Gasteiger charge is -2.44. The number of amides is 2. The molecule has 2 fully saturated rings. The first-order chi connectivity index (χ1) is 11.8. The summed E-state index contributed by atoms with van der Waals surface area (Å²) in [6.07, 6.45) is 2.05. The molecule has 0 aliphatic carbocycles. The molecule has 2 aliphatic rings. The number of fused-ring (bicyclic) bond motifs is 1. The second-order valence-corrected chi connectivity index (χ2v) is 9.94. The monoisotopic (exact) mass is 383 g/mol. The van der Waals surface area contributed by atoms with Crippen molar-refractivity contribution in [2.24, 2.45) is 0 Å². The second kappa shape index (κ2) is 7.17. The molecule has 25 heavy (non-hydrogen) atoms. The molecule has 138 valence electrons. The van der Waals surface area contributed by atoms with Gasteiger partial charge < -0.3 is 9.80 Å². The summed E-state index contributed by atoms with van der Waals surface area (Å²) in [6, 6.07) is 7.87. The molecule has 0 aromatic heterocycles. The van der Waals surface area contributed by atoms with Crippen LogP contribution in [-0.4, -0.2) is 86.2 Å². The Kier molecular flexibility index (Phi) is 5.31. The Morgan fingerprint density at radius 3 is 2.64 bits per heavy atom. The predicted molar refractivity (Wildman–Crippen MR) is 101 cm³/mol. The van der Waals surface area contributed by atoms with Crippen LogP contribution in [0.1, 0.15) is 5.56 Å². The third kappa shape index (κ3) is 3.96. The van der Waals surface area contributed by atoms with Crippen LogP contribution in [0.25, 0.3) is 0 Å². The van der Waals surface area contributed by atoms with Gasteiger partial charge in [0, 0.05) is 44.7 Å². The zero-order valence-electron chi connectivity index (χ0n) is 14.9. The lowest BCUT2D eigenvalue weighted by Crippen LogP contribution is -2.61. The second-order valence-electron chi connectivity index (χ2n) is 6.90. The number of benzene rings is 1. The topological polar surface area (TPSA) is 60.9 Å². The molecule has 2 heterocycles. The van der Waals surface area contributed by atoms with Gasteiger partial charge in [-0.05, 0) is 24.0 Å². The molecular weight excluding hydrogens is 358 g/mol. The third-order valence-electron chi connectivity index (χ3n) is 4.94. The van der Waals surface area contributed by atoms with Crippen LogP contribution in [-0.2, 0) is 16.4 Å². The summed E-state index contributed by atoms with van der Waals surface area (Å²) in [4.78, 5) is 19.1. The maximum atomic E-state index is 12.4. The quantitative estimate of drug-likeness (QED) is 0.738. The van der Waals surface area contributed by atoms with Crippen molar-refractivity contribution in [1.82, 2.24) is 14.7 Å². The highest BCUT2D eigenvalue weighted by molar-refractivity contribution is 7.98. The number of thioether (sulfide) groups is 1. The van der Waals surface area contributed by atoms with E-state index in [1.807, 2.05) is 12.3 Å². The van der Waals surface area contributed by atoms with Gasteiger partial charge in [-0.1, -0.05) is 12.1 Å². The van der Waals surface area contributed by atoms with Crippen LogP contribution in [0.15, 0.2) is 29.2 Å². The van der Waals surface area contributed by atoms with E-state index in [1.165, 1.54) is 15.4 Å². The van der Waals surface area contributed by atoms with Crippen molar-refractivity contribution in [1.29, 1.82) is 0 Å². The first-order valence-corrected chi connectivity index (χ1v) is 11.4. The number of carbonyl (C=O) groups is 1. The van der Waals surface area contributed by atoms with Crippen molar-refractivity contribution in [2.45, 2.75) is 23.5 Å². The number of sulfone groups is 1. The Morgan fingerprint density at radius 2 is 1.96 bits per heavy atom. The molecule has 2 aliphatic heterocycles. The molecule has 2 saturated heterocycles. The molecule has 6 nitrogen and oxygen atoms in total. The Bertz CT molecular complexity index is 751. The predicted octanol–water partition coefficient (Wildman–Crippen LogP) is 1.37. The highest BCUT2D eigenvalue weighted by atomic mass is 32.2. The fourth-order valence-electron chi connectivity index (χ4n) is 3.72. The van der Waals surface area contributed by atoms with Gasteiger partial charge in [0.25, 0.3) is 0 Å². The molecule has 8 heteroatoms. The Morgan fingerprint density at radius 1 is 1.24 bits per heavy atom. The number of piperazine rings is 1. The van der Waals surface area contributed by atoms with Crippen molar-refractivity contribution in [3.05, 3.63) is 29.8 Å². The molecule has 1 aromatic rings. The van der Waals surface area contributed by atoms with Crippen molar-refractivity contribution in [2.75, 3.05) is 44.9 Å². The Balaban J connectivity index is 1.82. The number of hydrogen-bond acceptors (Lipinski definition) is 5. The zero-order chi connectivity index (χ0) is 18.2. The van der Waals surface area contributed by atoms with Gasteiger partial charge in [-0.2, -0.15) is 0 Å². The SMILES string of the molecule is CSc1cccc(CN2CCN(C(=O)N(C)C)[C@H]3CS(=O)(=O)C[C@H]32)c1. The molecule has 0 radical (unpaired) electrons. The van der Waals surface area contributed by atoms with Crippen LogP contribution in [0.2, 0.25) is 0 Å². The number of urea groups is 1. The van der Waals surface area contributed by atoms with Gasteiger partial charge in [-0.15, -0.1) is 11.8 Å². The van der Waals surface area contributed by atoms with E-state index in [0.29, 0.717) is 13.1 Å². The summed E-state index contributed by atoms with van der Waals surface area (Å²) >= 11 is 1.70. The fraction of sp³-hybridized carbons (Fsp3) is 0.588. The van der Waals surface area contributed by atoms with E-state index in [0.717, 1.165) is 6.54 Å². The van der Waals surface area contributed by atoms with E-state index in [1.54, 1.807) is 30.8 Å². The minimum Gasteiger partial charge on any atom is -0.331 e. The summed E-state index contributed by atoms with van der Waals surface area (Å²) in [5.41, 5.74) is 1.18. The molecular formula is C17H25N3O3S2. The average molecular weight is 384 g/mol. The van der Waals surface area contributed by atoms with Gasteiger partial charge in [0.1, 0.15) is 0 Å². The lowest BCUT2D eigenvalue weighted by molar-refractivity contribution is 0.0520. The molecule has 0 unspecified atom stereocenters. The van der Waals surface area contributed by atoms with Crippen LogP contribution in [0.3, 0.4) is 0 Å². The van der Waals surface area contributed by atoms with Crippen LogP contribution < -0.4 is 0 Å². The highest BCUT2D eigenvalue weighted by Gasteiger charge is 2.48. The van der Waals surface area contributed by atoms with E-state index in [2.05, 4.69) is 23.1 Å². The summed E-state index contributed by atoms with van der Waals surface area (Å²) in [7, 11) is 0.302. The standard InChI is InChI=1S/C17H25N3O3S2/c1-18(2)17(21)20-8-7-19(15-11-25(22,23)12-16(15)20)10-13-5-4-6-14(9-13)24-3/h4-6,9,15-16H,7-8,10-12H2,1-3H3/t15-,16+/m1/s1. The molecule has 0 N–H and O–H groups in total. The summed E-state index contributed by atoms with van der Waals surface area (Å²) in [6.45, 7) is 1.98. The molecule has 2 atom stereocenters. The van der Waals surface area contributed by atoms with Crippen LogP contribution in [0.4, 0.5) is 4.79 Å². The van der Waals surface area contributed by atoms with Crippen molar-refractivity contribution >= 4 is 27.6 Å². The molecule has 0 spiro atoms. The molecule has 0 bridgehead atoms. The van der Waals surface area contributed by atoms with Gasteiger partial charge in [0.2, 0.25) is 0 Å². The van der Waals surface area contributed by atoms with E-state index in [4.69, 9.17) is 0 Å². The maximum absolute atomic E-state index is 12.4. The number of rotatable bonds is 3. The van der Waals surface area contributed by atoms with E-state index < -0.39 is 9.84 Å². The first kappa shape index (κ1) is 18.5. The third-order valence-corrected chi connectivity index (χ3v) is 7.36. The largest absolute Gasteiger partial charge is 0.331 e. The average Bonchev–Trinajstić information content (AvgIpc) is 2.90. The van der Waals surface area contributed by atoms with E-state index in [9.17, 15) is 13.2 Å².